The Hall–Kier alpha value is -2.60. The molecule has 1 saturated heterocycles. The highest BCUT2D eigenvalue weighted by Crippen LogP contribution is 2.21. The number of hydrogen-bond donors (Lipinski definition) is 1. The third kappa shape index (κ3) is 2.90. The Bertz CT molecular complexity index is 1040. The van der Waals surface area contributed by atoms with Crippen LogP contribution in [-0.2, 0) is 6.54 Å². The van der Waals surface area contributed by atoms with Crippen LogP contribution in [0.2, 0.25) is 0 Å². The van der Waals surface area contributed by atoms with E-state index in [-0.39, 0.29) is 17.2 Å². The minimum absolute atomic E-state index is 0.0196. The van der Waals surface area contributed by atoms with E-state index in [1.54, 1.807) is 15.3 Å². The van der Waals surface area contributed by atoms with Gasteiger partial charge in [-0.1, -0.05) is 30.3 Å². The van der Waals surface area contributed by atoms with Crippen LogP contribution >= 0.6 is 0 Å². The van der Waals surface area contributed by atoms with Gasteiger partial charge in [0.2, 0.25) is 0 Å². The second-order valence-electron chi connectivity index (χ2n) is 7.25. The lowest BCUT2D eigenvalue weighted by molar-refractivity contribution is 0.210. The average Bonchev–Trinajstić information content (AvgIpc) is 2.96. The lowest BCUT2D eigenvalue weighted by Gasteiger charge is -2.28. The molecule has 6 heteroatoms. The first kappa shape index (κ1) is 16.8. The van der Waals surface area contributed by atoms with Gasteiger partial charge in [0.25, 0.3) is 11.1 Å². The molecule has 1 aliphatic rings. The number of rotatable bonds is 3. The molecule has 3 aromatic rings. The van der Waals surface area contributed by atoms with E-state index in [4.69, 9.17) is 0 Å². The van der Waals surface area contributed by atoms with E-state index < -0.39 is 0 Å². The maximum absolute atomic E-state index is 13.0. The van der Waals surface area contributed by atoms with E-state index in [9.17, 15) is 9.59 Å². The summed E-state index contributed by atoms with van der Waals surface area (Å²) >= 11 is 0. The SMILES string of the molecule is Cc1c2c(=O)n(C3CCN(C)CC3)[nH]c2cc(=O)n1Cc1ccccc1. The van der Waals surface area contributed by atoms with E-state index >= 15 is 0 Å². The van der Waals surface area contributed by atoms with Crippen molar-refractivity contribution in [2.45, 2.75) is 32.4 Å². The molecule has 0 aliphatic carbocycles. The van der Waals surface area contributed by atoms with Crippen molar-refractivity contribution in [3.8, 4) is 0 Å². The van der Waals surface area contributed by atoms with Crippen molar-refractivity contribution >= 4 is 10.9 Å². The van der Waals surface area contributed by atoms with Crippen LogP contribution in [0.4, 0.5) is 0 Å². The van der Waals surface area contributed by atoms with Gasteiger partial charge in [0.15, 0.2) is 0 Å². The molecule has 0 saturated carbocycles. The smallest absolute Gasteiger partial charge is 0.276 e. The van der Waals surface area contributed by atoms with Gasteiger partial charge < -0.3 is 9.47 Å². The Kier molecular flexibility index (Phi) is 4.28. The number of fused-ring (bicyclic) bond motifs is 1. The van der Waals surface area contributed by atoms with Crippen LogP contribution in [0, 0.1) is 6.92 Å². The van der Waals surface area contributed by atoms with Gasteiger partial charge in [0.05, 0.1) is 23.5 Å². The average molecular weight is 352 g/mol. The molecule has 136 valence electrons. The monoisotopic (exact) mass is 352 g/mol. The number of likely N-dealkylation sites (tertiary alicyclic amines) is 1. The number of aromatic nitrogens is 3. The zero-order chi connectivity index (χ0) is 18.3. The van der Waals surface area contributed by atoms with Crippen molar-refractivity contribution in [3.05, 3.63) is 68.4 Å². The predicted molar refractivity (Wildman–Crippen MR) is 103 cm³/mol. The molecular formula is C20H24N4O2. The minimum atomic E-state index is -0.0874. The zero-order valence-corrected chi connectivity index (χ0v) is 15.2. The summed E-state index contributed by atoms with van der Waals surface area (Å²) in [7, 11) is 2.10. The highest BCUT2D eigenvalue weighted by molar-refractivity contribution is 5.80. The fraction of sp³-hybridized carbons (Fsp3) is 0.400. The van der Waals surface area contributed by atoms with E-state index in [1.165, 1.54) is 0 Å². The lowest BCUT2D eigenvalue weighted by Crippen LogP contribution is -2.35. The molecule has 6 nitrogen and oxygen atoms in total. The standard InChI is InChI=1S/C20H24N4O2/c1-14-19-17(12-18(25)23(14)13-15-6-4-3-5-7-15)21-24(20(19)26)16-8-10-22(2)11-9-16/h3-7,12,16,21H,8-11,13H2,1-2H3. The zero-order valence-electron chi connectivity index (χ0n) is 15.2. The molecule has 1 N–H and O–H groups in total. The number of H-pyrrole nitrogens is 1. The molecule has 0 amide bonds. The second kappa shape index (κ2) is 6.61. The maximum atomic E-state index is 13.0. The highest BCUT2D eigenvalue weighted by Gasteiger charge is 2.23. The van der Waals surface area contributed by atoms with E-state index in [2.05, 4.69) is 17.0 Å². The number of hydrogen-bond acceptors (Lipinski definition) is 3. The summed E-state index contributed by atoms with van der Waals surface area (Å²) in [6.45, 7) is 4.29. The summed E-state index contributed by atoms with van der Waals surface area (Å²) in [5.41, 5.74) is 2.30. The number of nitrogens with zero attached hydrogens (tertiary/aromatic N) is 3. The predicted octanol–water partition coefficient (Wildman–Crippen LogP) is 2.11. The van der Waals surface area contributed by atoms with Crippen molar-refractivity contribution in [3.63, 3.8) is 0 Å². The van der Waals surface area contributed by atoms with Crippen LogP contribution in [0.5, 0.6) is 0 Å². The summed E-state index contributed by atoms with van der Waals surface area (Å²) in [6, 6.07) is 11.6. The molecule has 0 bridgehead atoms. The first-order valence-electron chi connectivity index (χ1n) is 9.11. The van der Waals surface area contributed by atoms with Crippen molar-refractivity contribution in [2.24, 2.45) is 0 Å². The molecule has 0 unspecified atom stereocenters. The summed E-state index contributed by atoms with van der Waals surface area (Å²) in [5.74, 6) is 0. The van der Waals surface area contributed by atoms with E-state index in [0.29, 0.717) is 17.4 Å². The van der Waals surface area contributed by atoms with Gasteiger partial charge >= 0.3 is 0 Å². The van der Waals surface area contributed by atoms with Gasteiger partial charge in [0.1, 0.15) is 0 Å². The van der Waals surface area contributed by atoms with Crippen LogP contribution in [0.25, 0.3) is 10.9 Å². The minimum Gasteiger partial charge on any atom is -0.308 e. The van der Waals surface area contributed by atoms with Gasteiger partial charge in [-0.05, 0) is 45.5 Å². The summed E-state index contributed by atoms with van der Waals surface area (Å²) < 4.78 is 3.42. The molecule has 1 aliphatic heterocycles. The van der Waals surface area contributed by atoms with Crippen molar-refractivity contribution in [1.82, 2.24) is 19.2 Å². The fourth-order valence-electron chi connectivity index (χ4n) is 3.90. The third-order valence-corrected chi connectivity index (χ3v) is 5.48. The second-order valence-corrected chi connectivity index (χ2v) is 7.25. The lowest BCUT2D eigenvalue weighted by atomic mass is 10.1. The van der Waals surface area contributed by atoms with Gasteiger partial charge in [-0.3, -0.25) is 14.7 Å². The number of benzene rings is 1. The summed E-state index contributed by atoms with van der Waals surface area (Å²) in [6.07, 6.45) is 1.88. The third-order valence-electron chi connectivity index (χ3n) is 5.48. The number of pyridine rings is 1. The van der Waals surface area contributed by atoms with E-state index in [1.807, 2.05) is 37.3 Å². The number of nitrogens with one attached hydrogen (secondary N) is 1. The molecule has 26 heavy (non-hydrogen) atoms. The topological polar surface area (TPSA) is 63.0 Å². The largest absolute Gasteiger partial charge is 0.308 e. The molecule has 1 fully saturated rings. The van der Waals surface area contributed by atoms with Crippen LogP contribution < -0.4 is 11.1 Å². The molecule has 4 rings (SSSR count). The highest BCUT2D eigenvalue weighted by atomic mass is 16.1. The van der Waals surface area contributed by atoms with Crippen molar-refractivity contribution in [2.75, 3.05) is 20.1 Å². The molecule has 0 spiro atoms. The molecule has 3 heterocycles. The number of aryl methyl sites for hydroxylation is 1. The Morgan fingerprint density at radius 2 is 1.81 bits per heavy atom. The Balaban J connectivity index is 1.78. The van der Waals surface area contributed by atoms with Gasteiger partial charge in [-0.2, -0.15) is 0 Å². The molecule has 0 atom stereocenters. The van der Waals surface area contributed by atoms with Crippen LogP contribution in [0.3, 0.4) is 0 Å². The quantitative estimate of drug-likeness (QED) is 0.785. The fourth-order valence-corrected chi connectivity index (χ4v) is 3.90. The Morgan fingerprint density at radius 3 is 2.50 bits per heavy atom. The summed E-state index contributed by atoms with van der Waals surface area (Å²) in [5, 5.41) is 3.82. The van der Waals surface area contributed by atoms with Crippen LogP contribution in [0.15, 0.2) is 46.0 Å². The van der Waals surface area contributed by atoms with Gasteiger partial charge in [-0.25, -0.2) is 4.68 Å². The first-order chi connectivity index (χ1) is 12.5. The summed E-state index contributed by atoms with van der Waals surface area (Å²) in [4.78, 5) is 27.9. The van der Waals surface area contributed by atoms with Crippen LogP contribution in [-0.4, -0.2) is 39.4 Å². The molecule has 2 aromatic heterocycles. The molecule has 1 aromatic carbocycles. The Morgan fingerprint density at radius 1 is 1.12 bits per heavy atom. The Labute approximate surface area is 151 Å². The van der Waals surface area contributed by atoms with Crippen molar-refractivity contribution in [1.29, 1.82) is 0 Å². The van der Waals surface area contributed by atoms with Gasteiger partial charge in [0, 0.05) is 11.8 Å². The molecular weight excluding hydrogens is 328 g/mol. The van der Waals surface area contributed by atoms with Crippen molar-refractivity contribution < 1.29 is 0 Å². The normalized spacial score (nSPS) is 16.4. The van der Waals surface area contributed by atoms with Gasteiger partial charge in [-0.15, -0.1) is 0 Å². The van der Waals surface area contributed by atoms with E-state index in [0.717, 1.165) is 37.2 Å². The maximum Gasteiger partial charge on any atom is 0.276 e. The number of aromatic amines is 1. The van der Waals surface area contributed by atoms with Crippen LogP contribution in [0.1, 0.15) is 30.1 Å². The number of piperidine rings is 1. The molecule has 0 radical (unpaired) electrons. The first-order valence-corrected chi connectivity index (χ1v) is 9.11.